The van der Waals surface area contributed by atoms with Crippen LogP contribution in [0.1, 0.15) is 58.7 Å². The van der Waals surface area contributed by atoms with Gasteiger partial charge in [-0.3, -0.25) is 9.69 Å². The third kappa shape index (κ3) is 4.03. The molecule has 2 rings (SSSR count). The monoisotopic (exact) mass is 295 g/mol. The van der Waals surface area contributed by atoms with Gasteiger partial charge in [0.05, 0.1) is 13.2 Å². The van der Waals surface area contributed by atoms with E-state index in [-0.39, 0.29) is 17.4 Å². The Balaban J connectivity index is 2.05. The van der Waals surface area contributed by atoms with E-state index in [9.17, 15) is 4.79 Å². The Bertz CT molecular complexity index is 479. The van der Waals surface area contributed by atoms with Gasteiger partial charge in [0.2, 0.25) is 5.89 Å². The Morgan fingerprint density at radius 1 is 1.43 bits per heavy atom. The van der Waals surface area contributed by atoms with Crippen molar-refractivity contribution >= 4 is 5.97 Å². The van der Waals surface area contributed by atoms with E-state index in [1.54, 1.807) is 0 Å². The molecule has 0 N–H and O–H groups in total. The molecule has 0 spiro atoms. The maximum atomic E-state index is 12.0. The van der Waals surface area contributed by atoms with Gasteiger partial charge in [0.25, 0.3) is 0 Å². The summed E-state index contributed by atoms with van der Waals surface area (Å²) >= 11 is 0. The molecule has 1 aromatic rings. The number of carbonyl (C=O) groups excluding carboxylic acids is 1. The molecule has 0 aliphatic carbocycles. The van der Waals surface area contributed by atoms with E-state index < -0.39 is 0 Å². The highest BCUT2D eigenvalue weighted by Gasteiger charge is 2.31. The first-order chi connectivity index (χ1) is 9.91. The highest BCUT2D eigenvalue weighted by atomic mass is 16.5. The average Bonchev–Trinajstić information content (AvgIpc) is 2.88. The summed E-state index contributed by atoms with van der Waals surface area (Å²) in [5, 5.41) is 4.04. The van der Waals surface area contributed by atoms with Crippen LogP contribution in [0.3, 0.4) is 0 Å². The zero-order valence-electron chi connectivity index (χ0n) is 13.4. The van der Waals surface area contributed by atoms with E-state index in [2.05, 4.69) is 15.0 Å². The van der Waals surface area contributed by atoms with Gasteiger partial charge in [-0.1, -0.05) is 32.3 Å². The fraction of sp³-hybridized carbons (Fsp3) is 0.800. The number of piperidine rings is 1. The minimum absolute atomic E-state index is 0.142. The predicted molar refractivity (Wildman–Crippen MR) is 77.7 cm³/mol. The van der Waals surface area contributed by atoms with Gasteiger partial charge in [0.15, 0.2) is 5.82 Å². The van der Waals surface area contributed by atoms with Gasteiger partial charge in [0, 0.05) is 5.41 Å². The largest absolute Gasteiger partial charge is 0.465 e. The number of esters is 1. The molecule has 21 heavy (non-hydrogen) atoms. The molecule has 1 unspecified atom stereocenters. The maximum Gasteiger partial charge on any atom is 0.323 e. The van der Waals surface area contributed by atoms with Crippen molar-refractivity contribution in [2.75, 3.05) is 13.2 Å². The molecule has 0 saturated carbocycles. The Morgan fingerprint density at radius 2 is 2.19 bits per heavy atom. The fourth-order valence-electron chi connectivity index (χ4n) is 2.49. The molecular formula is C15H25N3O3. The molecule has 1 saturated heterocycles. The normalized spacial score (nSPS) is 20.5. The Labute approximate surface area is 125 Å². The molecule has 1 aromatic heterocycles. The summed E-state index contributed by atoms with van der Waals surface area (Å²) in [7, 11) is 0. The average molecular weight is 295 g/mol. The Kier molecular flexibility index (Phi) is 4.98. The number of nitrogens with zero attached hydrogens (tertiary/aromatic N) is 3. The van der Waals surface area contributed by atoms with Gasteiger partial charge >= 0.3 is 5.97 Å². The summed E-state index contributed by atoms with van der Waals surface area (Å²) in [4.78, 5) is 18.6. The lowest BCUT2D eigenvalue weighted by Crippen LogP contribution is -2.45. The third-order valence-electron chi connectivity index (χ3n) is 3.63. The lowest BCUT2D eigenvalue weighted by molar-refractivity contribution is -0.151. The zero-order valence-corrected chi connectivity index (χ0v) is 13.4. The topological polar surface area (TPSA) is 68.5 Å². The Hall–Kier alpha value is -1.43. The number of likely N-dealkylation sites (tertiary alicyclic amines) is 1. The molecule has 6 nitrogen and oxygen atoms in total. The smallest absolute Gasteiger partial charge is 0.323 e. The van der Waals surface area contributed by atoms with Crippen LogP contribution in [0, 0.1) is 0 Å². The minimum Gasteiger partial charge on any atom is -0.465 e. The van der Waals surface area contributed by atoms with Crippen LogP contribution >= 0.6 is 0 Å². The maximum absolute atomic E-state index is 12.0. The van der Waals surface area contributed by atoms with Crippen molar-refractivity contribution < 1.29 is 14.1 Å². The van der Waals surface area contributed by atoms with E-state index in [1.807, 2.05) is 27.7 Å². The van der Waals surface area contributed by atoms with Gasteiger partial charge in [-0.05, 0) is 26.3 Å². The standard InChI is InChI=1S/C15H25N3O3/c1-5-20-13(19)11-8-6-7-9-18(11)10-12-16-14(21-17-12)15(2,3)4/h11H,5-10H2,1-4H3. The number of hydrogen-bond donors (Lipinski definition) is 0. The molecule has 118 valence electrons. The molecule has 0 bridgehead atoms. The highest BCUT2D eigenvalue weighted by Crippen LogP contribution is 2.23. The molecule has 0 amide bonds. The Morgan fingerprint density at radius 3 is 2.81 bits per heavy atom. The van der Waals surface area contributed by atoms with Gasteiger partial charge in [-0.2, -0.15) is 4.98 Å². The quantitative estimate of drug-likeness (QED) is 0.794. The number of hydrogen-bond acceptors (Lipinski definition) is 6. The molecule has 0 aromatic carbocycles. The van der Waals surface area contributed by atoms with Crippen LogP contribution in [0.25, 0.3) is 0 Å². The first-order valence-corrected chi connectivity index (χ1v) is 7.65. The number of ether oxygens (including phenoxy) is 1. The first-order valence-electron chi connectivity index (χ1n) is 7.65. The third-order valence-corrected chi connectivity index (χ3v) is 3.63. The molecular weight excluding hydrogens is 270 g/mol. The first kappa shape index (κ1) is 15.9. The van der Waals surface area contributed by atoms with Crippen LogP contribution in [0.2, 0.25) is 0 Å². The number of rotatable bonds is 4. The van der Waals surface area contributed by atoms with Crippen LogP contribution in [-0.4, -0.2) is 40.2 Å². The fourth-order valence-corrected chi connectivity index (χ4v) is 2.49. The van der Waals surface area contributed by atoms with Crippen molar-refractivity contribution in [1.29, 1.82) is 0 Å². The van der Waals surface area contributed by atoms with E-state index in [0.29, 0.717) is 24.9 Å². The summed E-state index contributed by atoms with van der Waals surface area (Å²) in [5.74, 6) is 1.12. The number of aromatic nitrogens is 2. The van der Waals surface area contributed by atoms with Crippen molar-refractivity contribution in [3.05, 3.63) is 11.7 Å². The van der Waals surface area contributed by atoms with Gasteiger partial charge in [0.1, 0.15) is 6.04 Å². The summed E-state index contributed by atoms with van der Waals surface area (Å²) in [6.45, 7) is 9.75. The van der Waals surface area contributed by atoms with E-state index in [0.717, 1.165) is 25.8 Å². The molecule has 2 heterocycles. The lowest BCUT2D eigenvalue weighted by Gasteiger charge is -2.32. The summed E-state index contributed by atoms with van der Waals surface area (Å²) < 4.78 is 10.5. The van der Waals surface area contributed by atoms with Gasteiger partial charge in [-0.15, -0.1) is 0 Å². The van der Waals surface area contributed by atoms with E-state index in [1.165, 1.54) is 0 Å². The highest BCUT2D eigenvalue weighted by molar-refractivity contribution is 5.75. The SMILES string of the molecule is CCOC(=O)C1CCCCN1Cc1noc(C(C)(C)C)n1. The van der Waals surface area contributed by atoms with Crippen LogP contribution < -0.4 is 0 Å². The van der Waals surface area contributed by atoms with Crippen LogP contribution in [-0.2, 0) is 21.5 Å². The van der Waals surface area contributed by atoms with E-state index >= 15 is 0 Å². The molecule has 6 heteroatoms. The van der Waals surface area contributed by atoms with Crippen molar-refractivity contribution in [1.82, 2.24) is 15.0 Å². The van der Waals surface area contributed by atoms with E-state index in [4.69, 9.17) is 9.26 Å². The summed E-state index contributed by atoms with van der Waals surface area (Å²) in [5.41, 5.74) is -0.159. The van der Waals surface area contributed by atoms with Gasteiger partial charge in [-0.25, -0.2) is 0 Å². The van der Waals surface area contributed by atoms with Crippen LogP contribution in [0.5, 0.6) is 0 Å². The van der Waals surface area contributed by atoms with Crippen molar-refractivity contribution in [2.45, 2.75) is 65.0 Å². The van der Waals surface area contributed by atoms with Crippen molar-refractivity contribution in [3.63, 3.8) is 0 Å². The molecule has 0 radical (unpaired) electrons. The zero-order chi connectivity index (χ0) is 15.5. The number of carbonyl (C=O) groups is 1. The second-order valence-electron chi connectivity index (χ2n) is 6.50. The second kappa shape index (κ2) is 6.56. The van der Waals surface area contributed by atoms with Crippen LogP contribution in [0.15, 0.2) is 4.52 Å². The second-order valence-corrected chi connectivity index (χ2v) is 6.50. The van der Waals surface area contributed by atoms with Crippen molar-refractivity contribution in [3.8, 4) is 0 Å². The van der Waals surface area contributed by atoms with Crippen LogP contribution in [0.4, 0.5) is 0 Å². The summed E-state index contributed by atoms with van der Waals surface area (Å²) in [6.07, 6.45) is 2.97. The molecule has 1 aliphatic rings. The molecule has 1 aliphatic heterocycles. The minimum atomic E-state index is -0.185. The van der Waals surface area contributed by atoms with Crippen molar-refractivity contribution in [2.24, 2.45) is 0 Å². The molecule has 1 atom stereocenters. The molecule has 1 fully saturated rings. The summed E-state index contributed by atoms with van der Waals surface area (Å²) in [6, 6.07) is -0.185. The van der Waals surface area contributed by atoms with Gasteiger partial charge < -0.3 is 9.26 Å². The predicted octanol–water partition coefficient (Wildman–Crippen LogP) is 2.28. The lowest BCUT2D eigenvalue weighted by atomic mass is 9.97.